The highest BCUT2D eigenvalue weighted by molar-refractivity contribution is 5.81. The largest absolute Gasteiger partial charge is 0.497 e. The quantitative estimate of drug-likeness (QED) is 0.698. The number of ether oxygens (including phenoxy) is 2. The van der Waals surface area contributed by atoms with E-state index in [0.717, 1.165) is 24.2 Å². The number of amides is 2. The van der Waals surface area contributed by atoms with Gasteiger partial charge in [0, 0.05) is 25.6 Å². The van der Waals surface area contributed by atoms with Gasteiger partial charge in [-0.25, -0.2) is 0 Å². The molecule has 1 aromatic rings. The van der Waals surface area contributed by atoms with Crippen molar-refractivity contribution < 1.29 is 23.9 Å². The van der Waals surface area contributed by atoms with Crippen molar-refractivity contribution in [2.24, 2.45) is 0 Å². The highest BCUT2D eigenvalue weighted by Crippen LogP contribution is 2.15. The highest BCUT2D eigenvalue weighted by atomic mass is 16.5. The summed E-state index contributed by atoms with van der Waals surface area (Å²) in [6.07, 6.45) is 2.04. The van der Waals surface area contributed by atoms with Gasteiger partial charge >= 0.3 is 5.97 Å². The molecule has 7 heteroatoms. The molecule has 1 saturated heterocycles. The van der Waals surface area contributed by atoms with Crippen molar-refractivity contribution in [1.29, 1.82) is 0 Å². The van der Waals surface area contributed by atoms with Crippen LogP contribution >= 0.6 is 0 Å². The Labute approximate surface area is 160 Å². The van der Waals surface area contributed by atoms with Crippen molar-refractivity contribution >= 4 is 17.8 Å². The number of benzene rings is 1. The Hall–Kier alpha value is -2.57. The van der Waals surface area contributed by atoms with E-state index in [1.165, 1.54) is 0 Å². The Balaban J connectivity index is 1.70. The molecule has 0 radical (unpaired) electrons. The minimum absolute atomic E-state index is 0.0460. The van der Waals surface area contributed by atoms with Crippen LogP contribution in [0.4, 0.5) is 0 Å². The molecule has 2 rings (SSSR count). The number of carbonyl (C=O) groups is 3. The van der Waals surface area contributed by atoms with Crippen molar-refractivity contribution in [1.82, 2.24) is 10.2 Å². The van der Waals surface area contributed by atoms with Crippen molar-refractivity contribution in [3.8, 4) is 5.75 Å². The van der Waals surface area contributed by atoms with E-state index in [0.29, 0.717) is 26.1 Å². The van der Waals surface area contributed by atoms with Gasteiger partial charge in [0.1, 0.15) is 5.75 Å². The third-order valence-electron chi connectivity index (χ3n) is 4.59. The SMILES string of the molecule is CCOC(=O)CCC(=O)NC1CCN(C(=O)Cc2ccc(OC)cc2)CC1. The zero-order valence-corrected chi connectivity index (χ0v) is 16.0. The molecule has 0 atom stereocenters. The Kier molecular flexibility index (Phi) is 8.10. The normalized spacial score (nSPS) is 14.5. The Morgan fingerprint density at radius 3 is 2.37 bits per heavy atom. The van der Waals surface area contributed by atoms with Crippen molar-refractivity contribution in [3.05, 3.63) is 29.8 Å². The van der Waals surface area contributed by atoms with Crippen LogP contribution in [0.1, 0.15) is 38.2 Å². The van der Waals surface area contributed by atoms with Gasteiger partial charge in [-0.2, -0.15) is 0 Å². The predicted octanol–water partition coefficient (Wildman–Crippen LogP) is 1.69. The summed E-state index contributed by atoms with van der Waals surface area (Å²) in [5.41, 5.74) is 0.954. The summed E-state index contributed by atoms with van der Waals surface area (Å²) in [5.74, 6) is 0.357. The molecular weight excluding hydrogens is 348 g/mol. The molecule has 1 fully saturated rings. The van der Waals surface area contributed by atoms with Gasteiger partial charge in [-0.05, 0) is 37.5 Å². The van der Waals surface area contributed by atoms with Crippen LogP contribution in [0.25, 0.3) is 0 Å². The molecule has 0 saturated carbocycles. The number of nitrogens with one attached hydrogen (secondary N) is 1. The molecule has 0 aliphatic carbocycles. The number of esters is 1. The van der Waals surface area contributed by atoms with Crippen LogP contribution in [-0.4, -0.2) is 55.5 Å². The Morgan fingerprint density at radius 1 is 1.11 bits per heavy atom. The van der Waals surface area contributed by atoms with Crippen LogP contribution in [0.5, 0.6) is 5.75 Å². The summed E-state index contributed by atoms with van der Waals surface area (Å²) in [7, 11) is 1.61. The molecular formula is C20H28N2O5. The summed E-state index contributed by atoms with van der Waals surface area (Å²) in [6.45, 7) is 3.31. The lowest BCUT2D eigenvalue weighted by atomic mass is 10.0. The summed E-state index contributed by atoms with van der Waals surface area (Å²) in [5, 5.41) is 2.94. The van der Waals surface area contributed by atoms with Crippen LogP contribution < -0.4 is 10.1 Å². The van der Waals surface area contributed by atoms with Gasteiger partial charge in [-0.3, -0.25) is 14.4 Å². The number of nitrogens with zero attached hydrogens (tertiary/aromatic N) is 1. The smallest absolute Gasteiger partial charge is 0.306 e. The average molecular weight is 376 g/mol. The fraction of sp³-hybridized carbons (Fsp3) is 0.550. The van der Waals surface area contributed by atoms with Crippen molar-refractivity contribution in [2.45, 2.75) is 45.1 Å². The lowest BCUT2D eigenvalue weighted by Crippen LogP contribution is -2.47. The first-order chi connectivity index (χ1) is 13.0. The zero-order chi connectivity index (χ0) is 19.6. The highest BCUT2D eigenvalue weighted by Gasteiger charge is 2.24. The predicted molar refractivity (Wildman–Crippen MR) is 100 cm³/mol. The fourth-order valence-corrected chi connectivity index (χ4v) is 3.05. The Morgan fingerprint density at radius 2 is 1.78 bits per heavy atom. The number of rotatable bonds is 8. The van der Waals surface area contributed by atoms with Gasteiger partial charge in [-0.15, -0.1) is 0 Å². The summed E-state index contributed by atoms with van der Waals surface area (Å²) >= 11 is 0. The molecule has 0 bridgehead atoms. The Bertz CT molecular complexity index is 636. The standard InChI is InChI=1S/C20H28N2O5/c1-3-27-20(25)9-8-18(23)21-16-10-12-22(13-11-16)19(24)14-15-4-6-17(26-2)7-5-15/h4-7,16H,3,8-14H2,1-2H3,(H,21,23). The van der Waals surface area contributed by atoms with E-state index in [4.69, 9.17) is 9.47 Å². The van der Waals surface area contributed by atoms with Crippen molar-refractivity contribution in [3.63, 3.8) is 0 Å². The summed E-state index contributed by atoms with van der Waals surface area (Å²) in [4.78, 5) is 37.5. The van der Waals surface area contributed by atoms with Crippen LogP contribution in [0, 0.1) is 0 Å². The van der Waals surface area contributed by atoms with Crippen LogP contribution in [0.2, 0.25) is 0 Å². The molecule has 1 aliphatic rings. The van der Waals surface area contributed by atoms with Crippen LogP contribution in [-0.2, 0) is 25.5 Å². The molecule has 1 N–H and O–H groups in total. The number of hydrogen-bond acceptors (Lipinski definition) is 5. The molecule has 148 valence electrons. The first kappa shape index (κ1) is 20.7. The van der Waals surface area contributed by atoms with Gasteiger partial charge in [0.15, 0.2) is 0 Å². The van der Waals surface area contributed by atoms with Crippen LogP contribution in [0.15, 0.2) is 24.3 Å². The number of carbonyl (C=O) groups excluding carboxylic acids is 3. The second-order valence-electron chi connectivity index (χ2n) is 6.55. The van der Waals surface area contributed by atoms with Gasteiger partial charge in [0.2, 0.25) is 11.8 Å². The minimum atomic E-state index is -0.355. The first-order valence-electron chi connectivity index (χ1n) is 9.37. The summed E-state index contributed by atoms with van der Waals surface area (Å²) < 4.78 is 9.94. The van der Waals surface area contributed by atoms with E-state index < -0.39 is 0 Å². The minimum Gasteiger partial charge on any atom is -0.497 e. The van der Waals surface area contributed by atoms with Crippen molar-refractivity contribution in [2.75, 3.05) is 26.8 Å². The molecule has 0 aromatic heterocycles. The number of piperidine rings is 1. The van der Waals surface area contributed by atoms with E-state index in [-0.39, 0.29) is 36.7 Å². The van der Waals surface area contributed by atoms with E-state index in [9.17, 15) is 14.4 Å². The van der Waals surface area contributed by atoms with E-state index in [1.807, 2.05) is 29.2 Å². The summed E-state index contributed by atoms with van der Waals surface area (Å²) in [6, 6.07) is 7.53. The maximum Gasteiger partial charge on any atom is 0.306 e. The molecule has 1 aliphatic heterocycles. The maximum atomic E-state index is 12.4. The molecule has 27 heavy (non-hydrogen) atoms. The second kappa shape index (κ2) is 10.5. The molecule has 1 heterocycles. The van der Waals surface area contributed by atoms with Gasteiger partial charge in [-0.1, -0.05) is 12.1 Å². The maximum absolute atomic E-state index is 12.4. The number of hydrogen-bond donors (Lipinski definition) is 1. The molecule has 1 aromatic carbocycles. The molecule has 2 amide bonds. The molecule has 0 unspecified atom stereocenters. The van der Waals surface area contributed by atoms with Crippen LogP contribution in [0.3, 0.4) is 0 Å². The lowest BCUT2D eigenvalue weighted by molar-refractivity contribution is -0.144. The average Bonchev–Trinajstić information content (AvgIpc) is 2.68. The molecule has 0 spiro atoms. The van der Waals surface area contributed by atoms with Gasteiger partial charge < -0.3 is 19.7 Å². The number of methoxy groups -OCH3 is 1. The number of likely N-dealkylation sites (tertiary alicyclic amines) is 1. The zero-order valence-electron chi connectivity index (χ0n) is 16.0. The van der Waals surface area contributed by atoms with Gasteiger partial charge in [0.25, 0.3) is 0 Å². The van der Waals surface area contributed by atoms with E-state index in [2.05, 4.69) is 5.32 Å². The molecule has 7 nitrogen and oxygen atoms in total. The van der Waals surface area contributed by atoms with Gasteiger partial charge in [0.05, 0.1) is 26.6 Å². The third-order valence-corrected chi connectivity index (χ3v) is 4.59. The third kappa shape index (κ3) is 6.92. The lowest BCUT2D eigenvalue weighted by Gasteiger charge is -2.32. The van der Waals surface area contributed by atoms with E-state index in [1.54, 1.807) is 14.0 Å². The second-order valence-corrected chi connectivity index (χ2v) is 6.55. The fourth-order valence-electron chi connectivity index (χ4n) is 3.05. The first-order valence-corrected chi connectivity index (χ1v) is 9.37. The monoisotopic (exact) mass is 376 g/mol. The van der Waals surface area contributed by atoms with E-state index >= 15 is 0 Å². The topological polar surface area (TPSA) is 84.9 Å².